The summed E-state index contributed by atoms with van der Waals surface area (Å²) in [7, 11) is -3.10. The molecule has 7 heteroatoms. The highest BCUT2D eigenvalue weighted by molar-refractivity contribution is 7.89. The first kappa shape index (κ1) is 15.6. The Morgan fingerprint density at radius 2 is 1.74 bits per heavy atom. The van der Waals surface area contributed by atoms with Crippen molar-refractivity contribution in [1.29, 1.82) is 0 Å². The van der Waals surface area contributed by atoms with Crippen molar-refractivity contribution in [1.82, 2.24) is 5.32 Å². The molecule has 0 saturated carbocycles. The minimum atomic E-state index is -3.10. The number of carbonyl (C=O) groups is 1. The van der Waals surface area contributed by atoms with Crippen molar-refractivity contribution in [2.75, 3.05) is 19.5 Å². The van der Waals surface area contributed by atoms with Crippen molar-refractivity contribution in [3.63, 3.8) is 0 Å². The normalized spacial score (nSPS) is 11.6. The molecule has 0 atom stereocenters. The second-order valence-electron chi connectivity index (χ2n) is 4.30. The third-order valence-corrected chi connectivity index (χ3v) is 3.28. The molecule has 1 aromatic carbocycles. The van der Waals surface area contributed by atoms with Crippen LogP contribution in [0.2, 0.25) is 0 Å². The molecule has 0 radical (unpaired) electrons. The Balaban J connectivity index is 2.73. The fourth-order valence-electron chi connectivity index (χ4n) is 1.47. The monoisotopic (exact) mass is 287 g/mol. The summed E-state index contributed by atoms with van der Waals surface area (Å²) in [4.78, 5) is 11.7. The SMILES string of the molecule is CS(=O)(=O)Cc1ccc(C(=O)NC(CO)CO)cc1. The van der Waals surface area contributed by atoms with Gasteiger partial charge in [-0.2, -0.15) is 0 Å². The summed E-state index contributed by atoms with van der Waals surface area (Å²) >= 11 is 0. The second kappa shape index (κ2) is 6.65. The highest BCUT2D eigenvalue weighted by Gasteiger charge is 2.12. The molecule has 0 fully saturated rings. The van der Waals surface area contributed by atoms with Crippen LogP contribution in [0.25, 0.3) is 0 Å². The van der Waals surface area contributed by atoms with Gasteiger partial charge in [0.15, 0.2) is 9.84 Å². The smallest absolute Gasteiger partial charge is 0.251 e. The predicted octanol–water partition coefficient (Wildman–Crippen LogP) is -0.686. The van der Waals surface area contributed by atoms with Crippen LogP contribution in [0.4, 0.5) is 0 Å². The molecular weight excluding hydrogens is 270 g/mol. The van der Waals surface area contributed by atoms with Crippen molar-refractivity contribution >= 4 is 15.7 Å². The van der Waals surface area contributed by atoms with E-state index in [9.17, 15) is 13.2 Å². The summed E-state index contributed by atoms with van der Waals surface area (Å²) in [6, 6.07) is 5.41. The Hall–Kier alpha value is -1.44. The third kappa shape index (κ3) is 5.37. The maximum absolute atomic E-state index is 11.7. The van der Waals surface area contributed by atoms with Crippen LogP contribution in [0.5, 0.6) is 0 Å². The summed E-state index contributed by atoms with van der Waals surface area (Å²) in [6.45, 7) is -0.706. The molecule has 0 aliphatic rings. The van der Waals surface area contributed by atoms with Gasteiger partial charge in [-0.15, -0.1) is 0 Å². The van der Waals surface area contributed by atoms with E-state index in [0.717, 1.165) is 6.26 Å². The molecule has 0 saturated heterocycles. The Labute approximate surface area is 112 Å². The highest BCUT2D eigenvalue weighted by Crippen LogP contribution is 2.08. The largest absolute Gasteiger partial charge is 0.394 e. The number of sulfone groups is 1. The number of hydrogen-bond donors (Lipinski definition) is 3. The number of hydrogen-bond acceptors (Lipinski definition) is 5. The molecule has 6 nitrogen and oxygen atoms in total. The Bertz CT molecular complexity index is 520. The van der Waals surface area contributed by atoms with Crippen molar-refractivity contribution in [3.05, 3.63) is 35.4 Å². The Morgan fingerprint density at radius 1 is 1.21 bits per heavy atom. The fourth-order valence-corrected chi connectivity index (χ4v) is 2.27. The van der Waals surface area contributed by atoms with Gasteiger partial charge < -0.3 is 15.5 Å². The molecule has 0 spiro atoms. The van der Waals surface area contributed by atoms with E-state index in [1.165, 1.54) is 12.1 Å². The Morgan fingerprint density at radius 3 is 2.16 bits per heavy atom. The number of rotatable bonds is 6. The molecular formula is C12H17NO5S. The van der Waals surface area contributed by atoms with Crippen LogP contribution in [0, 0.1) is 0 Å². The summed E-state index contributed by atoms with van der Waals surface area (Å²) in [5, 5.41) is 20.1. The van der Waals surface area contributed by atoms with Crippen LogP contribution in [0.15, 0.2) is 24.3 Å². The van der Waals surface area contributed by atoms with Crippen LogP contribution in [-0.2, 0) is 15.6 Å². The van der Waals surface area contributed by atoms with Gasteiger partial charge in [-0.3, -0.25) is 4.79 Å². The predicted molar refractivity (Wildman–Crippen MR) is 70.4 cm³/mol. The van der Waals surface area contributed by atoms with Gasteiger partial charge in [0.25, 0.3) is 5.91 Å². The quantitative estimate of drug-likeness (QED) is 0.643. The molecule has 1 rings (SSSR count). The zero-order chi connectivity index (χ0) is 14.5. The van der Waals surface area contributed by atoms with E-state index in [1.807, 2.05) is 0 Å². The number of aliphatic hydroxyl groups excluding tert-OH is 2. The van der Waals surface area contributed by atoms with E-state index in [2.05, 4.69) is 5.32 Å². The van der Waals surface area contributed by atoms with Crippen molar-refractivity contribution < 1.29 is 23.4 Å². The minimum Gasteiger partial charge on any atom is -0.394 e. The van der Waals surface area contributed by atoms with E-state index in [1.54, 1.807) is 12.1 Å². The zero-order valence-corrected chi connectivity index (χ0v) is 11.4. The summed E-state index contributed by atoms with van der Waals surface area (Å²) in [6.07, 6.45) is 1.14. The summed E-state index contributed by atoms with van der Waals surface area (Å²) < 4.78 is 22.2. The minimum absolute atomic E-state index is 0.0786. The number of nitrogens with one attached hydrogen (secondary N) is 1. The lowest BCUT2D eigenvalue weighted by molar-refractivity contribution is 0.0879. The van der Waals surface area contributed by atoms with Crippen LogP contribution in [0.1, 0.15) is 15.9 Å². The molecule has 3 N–H and O–H groups in total. The fraction of sp³-hybridized carbons (Fsp3) is 0.417. The lowest BCUT2D eigenvalue weighted by Crippen LogP contribution is -2.40. The first-order valence-electron chi connectivity index (χ1n) is 5.65. The van der Waals surface area contributed by atoms with E-state index in [4.69, 9.17) is 10.2 Å². The van der Waals surface area contributed by atoms with Gasteiger partial charge >= 0.3 is 0 Å². The van der Waals surface area contributed by atoms with Crippen LogP contribution < -0.4 is 5.32 Å². The molecule has 106 valence electrons. The van der Waals surface area contributed by atoms with Crippen molar-refractivity contribution in [3.8, 4) is 0 Å². The lowest BCUT2D eigenvalue weighted by Gasteiger charge is -2.13. The lowest BCUT2D eigenvalue weighted by atomic mass is 10.1. The van der Waals surface area contributed by atoms with Crippen molar-refractivity contribution in [2.45, 2.75) is 11.8 Å². The molecule has 19 heavy (non-hydrogen) atoms. The first-order chi connectivity index (χ1) is 8.85. The highest BCUT2D eigenvalue weighted by atomic mass is 32.2. The van der Waals surface area contributed by atoms with Gasteiger partial charge in [-0.25, -0.2) is 8.42 Å². The van der Waals surface area contributed by atoms with E-state index < -0.39 is 21.8 Å². The summed E-state index contributed by atoms with van der Waals surface area (Å²) in [5.41, 5.74) is 0.934. The number of benzene rings is 1. The molecule has 1 amide bonds. The van der Waals surface area contributed by atoms with Crippen molar-refractivity contribution in [2.24, 2.45) is 0 Å². The van der Waals surface area contributed by atoms with Gasteiger partial charge in [-0.05, 0) is 17.7 Å². The van der Waals surface area contributed by atoms with Gasteiger partial charge in [0.05, 0.1) is 25.0 Å². The third-order valence-electron chi connectivity index (χ3n) is 2.42. The zero-order valence-electron chi connectivity index (χ0n) is 10.5. The maximum atomic E-state index is 11.7. The number of carbonyl (C=O) groups excluding carboxylic acids is 1. The average Bonchev–Trinajstić information content (AvgIpc) is 2.34. The molecule has 0 heterocycles. The molecule has 0 aliphatic carbocycles. The topological polar surface area (TPSA) is 104 Å². The Kier molecular flexibility index (Phi) is 5.46. The molecule has 1 aromatic rings. The first-order valence-corrected chi connectivity index (χ1v) is 7.71. The molecule has 0 unspecified atom stereocenters. The van der Waals surface area contributed by atoms with E-state index in [0.29, 0.717) is 11.1 Å². The second-order valence-corrected chi connectivity index (χ2v) is 6.44. The molecule has 0 aliphatic heterocycles. The van der Waals surface area contributed by atoms with E-state index in [-0.39, 0.29) is 19.0 Å². The van der Waals surface area contributed by atoms with Crippen LogP contribution in [-0.4, -0.2) is 50.0 Å². The van der Waals surface area contributed by atoms with Gasteiger partial charge in [-0.1, -0.05) is 12.1 Å². The standard InChI is InChI=1S/C12H17NO5S/c1-19(17,18)8-9-2-4-10(5-3-9)12(16)13-11(6-14)7-15/h2-5,11,14-15H,6-8H2,1H3,(H,13,16). The average molecular weight is 287 g/mol. The van der Waals surface area contributed by atoms with Gasteiger partial charge in [0.1, 0.15) is 0 Å². The molecule has 0 aromatic heterocycles. The van der Waals surface area contributed by atoms with Crippen LogP contribution in [0.3, 0.4) is 0 Å². The maximum Gasteiger partial charge on any atom is 0.251 e. The number of aliphatic hydroxyl groups is 2. The van der Waals surface area contributed by atoms with Gasteiger partial charge in [0.2, 0.25) is 0 Å². The van der Waals surface area contributed by atoms with E-state index >= 15 is 0 Å². The summed E-state index contributed by atoms with van der Waals surface area (Å²) in [5.74, 6) is -0.510. The van der Waals surface area contributed by atoms with Crippen LogP contribution >= 0.6 is 0 Å². The van der Waals surface area contributed by atoms with Gasteiger partial charge in [0, 0.05) is 11.8 Å². The number of amides is 1. The molecule has 0 bridgehead atoms.